The van der Waals surface area contributed by atoms with Crippen molar-refractivity contribution in [3.63, 3.8) is 0 Å². The predicted molar refractivity (Wildman–Crippen MR) is 127 cm³/mol. The van der Waals surface area contributed by atoms with E-state index in [-0.39, 0.29) is 0 Å². The Bertz CT molecular complexity index is 871. The second-order valence-electron chi connectivity index (χ2n) is 8.93. The van der Waals surface area contributed by atoms with E-state index in [1.807, 2.05) is 32.1 Å². The lowest BCUT2D eigenvalue weighted by Crippen LogP contribution is -2.40. The summed E-state index contributed by atoms with van der Waals surface area (Å²) in [6.45, 7) is 9.94. The summed E-state index contributed by atoms with van der Waals surface area (Å²) in [6, 6.07) is 7.17. The molecule has 0 radical (unpaired) electrons. The molecular formula is C26H36ClNO3. The number of rotatable bonds is 8. The first-order chi connectivity index (χ1) is 14.7. The smallest absolute Gasteiger partial charge is 0.133 e. The monoisotopic (exact) mass is 445 g/mol. The van der Waals surface area contributed by atoms with E-state index in [9.17, 15) is 5.11 Å². The van der Waals surface area contributed by atoms with Crippen molar-refractivity contribution in [1.82, 2.24) is 4.90 Å². The minimum atomic E-state index is -0.909. The van der Waals surface area contributed by atoms with Gasteiger partial charge in [0.1, 0.15) is 11.5 Å². The molecule has 1 aromatic carbocycles. The number of halogens is 1. The first-order valence-corrected chi connectivity index (χ1v) is 11.6. The molecule has 4 nitrogen and oxygen atoms in total. The van der Waals surface area contributed by atoms with E-state index in [4.69, 9.17) is 21.1 Å². The molecule has 0 spiro atoms. The van der Waals surface area contributed by atoms with Crippen LogP contribution < -0.4 is 4.74 Å². The van der Waals surface area contributed by atoms with Crippen LogP contribution in [0.3, 0.4) is 0 Å². The first kappa shape index (κ1) is 23.9. The molecule has 1 N–H and O–H groups in total. The summed E-state index contributed by atoms with van der Waals surface area (Å²) >= 11 is 6.28. The molecule has 2 aliphatic rings. The summed E-state index contributed by atoms with van der Waals surface area (Å²) in [7, 11) is 1.62. The van der Waals surface area contributed by atoms with Crippen LogP contribution in [0, 0.1) is 6.92 Å². The molecule has 0 bridgehead atoms. The van der Waals surface area contributed by atoms with Crippen LogP contribution in [0.2, 0.25) is 0 Å². The molecule has 0 amide bonds. The first-order valence-electron chi connectivity index (χ1n) is 11.3. The zero-order valence-corrected chi connectivity index (χ0v) is 20.2. The number of ether oxygens (including phenoxy) is 2. The summed E-state index contributed by atoms with van der Waals surface area (Å²) in [5.41, 5.74) is 2.63. The summed E-state index contributed by atoms with van der Waals surface area (Å²) in [6.07, 6.45) is 9.29. The lowest BCUT2D eigenvalue weighted by molar-refractivity contribution is 0.0488. The molecule has 3 rings (SSSR count). The lowest BCUT2D eigenvalue weighted by atomic mass is 9.86. The maximum atomic E-state index is 11.4. The Hall–Kier alpha value is -1.75. The number of aryl methyl sites for hydroxylation is 1. The Morgan fingerprint density at radius 1 is 1.26 bits per heavy atom. The number of allylic oxidation sites excluding steroid dienone is 4. The van der Waals surface area contributed by atoms with Gasteiger partial charge in [0, 0.05) is 18.6 Å². The van der Waals surface area contributed by atoms with Crippen LogP contribution in [-0.4, -0.2) is 41.4 Å². The van der Waals surface area contributed by atoms with Crippen LogP contribution in [0.4, 0.5) is 0 Å². The van der Waals surface area contributed by atoms with E-state index >= 15 is 0 Å². The molecule has 1 aliphatic carbocycles. The highest BCUT2D eigenvalue weighted by Crippen LogP contribution is 2.36. The summed E-state index contributed by atoms with van der Waals surface area (Å²) in [4.78, 5) is 2.55. The van der Waals surface area contributed by atoms with Crippen LogP contribution in [0.1, 0.15) is 57.6 Å². The van der Waals surface area contributed by atoms with Gasteiger partial charge in [0.05, 0.1) is 24.4 Å². The molecule has 1 heterocycles. The molecule has 0 aromatic heterocycles. The molecule has 5 heteroatoms. The lowest BCUT2D eigenvalue weighted by Gasteiger charge is -2.35. The summed E-state index contributed by atoms with van der Waals surface area (Å²) in [5.74, 6) is 1.58. The standard InChI is InChI=1S/C26H36ClNO3/c1-6-31-23-12-8-20(18(2)15-23)17-28-19(3)7-11-22(28)16-26(4,29)21-9-13-24(27)25(30-5)14-10-21/h8-9,12-15,19,22,29H,6-7,10-11,16-17H2,1-5H3. The summed E-state index contributed by atoms with van der Waals surface area (Å²) in [5, 5.41) is 12.0. The van der Waals surface area contributed by atoms with E-state index < -0.39 is 5.60 Å². The van der Waals surface area contributed by atoms with Gasteiger partial charge in [-0.1, -0.05) is 23.7 Å². The topological polar surface area (TPSA) is 41.9 Å². The van der Waals surface area contributed by atoms with Crippen LogP contribution in [0.5, 0.6) is 5.75 Å². The van der Waals surface area contributed by atoms with Gasteiger partial charge in [-0.15, -0.1) is 0 Å². The van der Waals surface area contributed by atoms with Crippen molar-refractivity contribution in [2.45, 2.75) is 77.6 Å². The Labute approximate surface area is 192 Å². The van der Waals surface area contributed by atoms with E-state index in [0.29, 0.717) is 42.3 Å². The van der Waals surface area contributed by atoms with Gasteiger partial charge in [-0.25, -0.2) is 0 Å². The minimum absolute atomic E-state index is 0.324. The van der Waals surface area contributed by atoms with Crippen molar-refractivity contribution in [2.24, 2.45) is 0 Å². The Balaban J connectivity index is 1.74. The molecule has 170 valence electrons. The average molecular weight is 446 g/mol. The van der Waals surface area contributed by atoms with Crippen molar-refractivity contribution >= 4 is 11.6 Å². The second-order valence-corrected chi connectivity index (χ2v) is 9.34. The third-order valence-electron chi connectivity index (χ3n) is 6.65. The van der Waals surface area contributed by atoms with Gasteiger partial charge in [-0.05, 0) is 94.4 Å². The molecule has 1 aliphatic heterocycles. The fourth-order valence-electron chi connectivity index (χ4n) is 4.72. The van der Waals surface area contributed by atoms with E-state index in [1.165, 1.54) is 11.1 Å². The molecule has 1 saturated heterocycles. The van der Waals surface area contributed by atoms with Gasteiger partial charge >= 0.3 is 0 Å². The average Bonchev–Trinajstić information content (AvgIpc) is 2.93. The highest BCUT2D eigenvalue weighted by molar-refractivity contribution is 6.31. The third-order valence-corrected chi connectivity index (χ3v) is 6.96. The number of hydrogen-bond donors (Lipinski definition) is 1. The fourth-order valence-corrected chi connectivity index (χ4v) is 4.94. The van der Waals surface area contributed by atoms with E-state index in [0.717, 1.165) is 30.7 Å². The largest absolute Gasteiger partial charge is 0.496 e. The SMILES string of the molecule is CCOc1ccc(CN2C(C)CCC2CC(C)(O)C2=CC=C(Cl)C(OC)=CC2)c(C)c1. The molecule has 0 saturated carbocycles. The van der Waals surface area contributed by atoms with Crippen molar-refractivity contribution in [3.05, 3.63) is 63.9 Å². The molecule has 3 atom stereocenters. The zero-order valence-electron chi connectivity index (χ0n) is 19.5. The number of likely N-dealkylation sites (tertiary alicyclic amines) is 1. The molecular weight excluding hydrogens is 410 g/mol. The number of benzene rings is 1. The van der Waals surface area contributed by atoms with Gasteiger partial charge < -0.3 is 14.6 Å². The minimum Gasteiger partial charge on any atom is -0.496 e. The molecule has 1 fully saturated rings. The highest BCUT2D eigenvalue weighted by atomic mass is 35.5. The fraction of sp³-hybridized carbons (Fsp3) is 0.538. The number of nitrogens with zero attached hydrogens (tertiary/aromatic N) is 1. The Morgan fingerprint density at radius 3 is 2.71 bits per heavy atom. The number of aliphatic hydroxyl groups is 1. The number of hydrogen-bond acceptors (Lipinski definition) is 4. The molecule has 31 heavy (non-hydrogen) atoms. The van der Waals surface area contributed by atoms with Gasteiger partial charge in [-0.3, -0.25) is 4.90 Å². The van der Waals surface area contributed by atoms with Crippen molar-refractivity contribution in [1.29, 1.82) is 0 Å². The highest BCUT2D eigenvalue weighted by Gasteiger charge is 2.37. The number of methoxy groups -OCH3 is 1. The quantitative estimate of drug-likeness (QED) is 0.543. The maximum Gasteiger partial charge on any atom is 0.133 e. The maximum absolute atomic E-state index is 11.4. The Morgan fingerprint density at radius 2 is 2.03 bits per heavy atom. The predicted octanol–water partition coefficient (Wildman–Crippen LogP) is 5.87. The van der Waals surface area contributed by atoms with Gasteiger partial charge in [0.25, 0.3) is 0 Å². The van der Waals surface area contributed by atoms with Crippen molar-refractivity contribution in [2.75, 3.05) is 13.7 Å². The third kappa shape index (κ3) is 5.74. The second kappa shape index (κ2) is 10.2. The van der Waals surface area contributed by atoms with Gasteiger partial charge in [0.15, 0.2) is 0 Å². The van der Waals surface area contributed by atoms with Crippen LogP contribution >= 0.6 is 11.6 Å². The molecule has 1 aromatic rings. The van der Waals surface area contributed by atoms with Gasteiger partial charge in [-0.2, -0.15) is 0 Å². The van der Waals surface area contributed by atoms with Crippen LogP contribution in [-0.2, 0) is 11.3 Å². The summed E-state index contributed by atoms with van der Waals surface area (Å²) < 4.78 is 11.0. The van der Waals surface area contributed by atoms with Crippen molar-refractivity contribution < 1.29 is 14.6 Å². The van der Waals surface area contributed by atoms with Crippen molar-refractivity contribution in [3.8, 4) is 5.75 Å². The van der Waals surface area contributed by atoms with Crippen LogP contribution in [0.25, 0.3) is 0 Å². The Kier molecular flexibility index (Phi) is 7.90. The molecule has 3 unspecified atom stereocenters. The van der Waals surface area contributed by atoms with Crippen LogP contribution in [0.15, 0.2) is 52.8 Å². The van der Waals surface area contributed by atoms with Gasteiger partial charge in [0.2, 0.25) is 0 Å². The normalized spacial score (nSPS) is 24.0. The van der Waals surface area contributed by atoms with E-state index in [1.54, 1.807) is 7.11 Å². The van der Waals surface area contributed by atoms with E-state index in [2.05, 4.69) is 36.9 Å². The zero-order chi connectivity index (χ0) is 22.6.